The van der Waals surface area contributed by atoms with Crippen LogP contribution in [0.3, 0.4) is 0 Å². The minimum Gasteiger partial charge on any atom is -0.493 e. The summed E-state index contributed by atoms with van der Waals surface area (Å²) in [5.41, 5.74) is 2.47. The minimum atomic E-state index is 0.794. The summed E-state index contributed by atoms with van der Waals surface area (Å²) >= 11 is 8.21. The Balaban J connectivity index is 1.61. The molecule has 3 rings (SSSR count). The molecule has 0 aliphatic carbocycles. The van der Waals surface area contributed by atoms with Gasteiger partial charge in [-0.1, -0.05) is 11.6 Å². The van der Waals surface area contributed by atoms with Gasteiger partial charge < -0.3 is 10.1 Å². The third-order valence-corrected chi connectivity index (χ3v) is 5.05. The highest BCUT2D eigenvalue weighted by Gasteiger charge is 2.18. The van der Waals surface area contributed by atoms with Crippen molar-refractivity contribution in [2.45, 2.75) is 19.4 Å². The molecule has 1 atom stereocenters. The summed E-state index contributed by atoms with van der Waals surface area (Å²) in [7, 11) is 0. The van der Waals surface area contributed by atoms with E-state index < -0.39 is 0 Å². The van der Waals surface area contributed by atoms with E-state index in [9.17, 15) is 0 Å². The molecule has 2 aliphatic heterocycles. The number of hydrogen-bond acceptors (Lipinski definition) is 3. The molecule has 1 saturated heterocycles. The normalized spacial score (nSPS) is 21.9. The van der Waals surface area contributed by atoms with Gasteiger partial charge in [0, 0.05) is 23.6 Å². The fourth-order valence-electron chi connectivity index (χ4n) is 2.63. The average Bonchev–Trinajstić information content (AvgIpc) is 2.98. The predicted molar refractivity (Wildman–Crippen MR) is 77.8 cm³/mol. The molecular formula is C14H18ClNOS. The standard InChI is InChI=1S/C14H18ClNOS/c15-13-5-11-1-3-17-14(11)12(6-13)8-16-7-10-2-4-18-9-10/h5-6,10,16H,1-4,7-9H2. The highest BCUT2D eigenvalue weighted by Crippen LogP contribution is 2.32. The van der Waals surface area contributed by atoms with Crippen molar-refractivity contribution in [3.8, 4) is 5.75 Å². The second-order valence-corrected chi connectivity index (χ2v) is 6.60. The van der Waals surface area contributed by atoms with Crippen molar-refractivity contribution in [2.75, 3.05) is 24.7 Å². The first kappa shape index (κ1) is 12.6. The molecule has 0 saturated carbocycles. The largest absolute Gasteiger partial charge is 0.493 e. The lowest BCUT2D eigenvalue weighted by molar-refractivity contribution is 0.352. The van der Waals surface area contributed by atoms with Gasteiger partial charge in [0.2, 0.25) is 0 Å². The van der Waals surface area contributed by atoms with E-state index in [-0.39, 0.29) is 0 Å². The van der Waals surface area contributed by atoms with E-state index in [4.69, 9.17) is 16.3 Å². The maximum absolute atomic E-state index is 6.15. The SMILES string of the molecule is Clc1cc2c(c(CNCC3CCSC3)c1)OCC2. The Bertz CT molecular complexity index is 432. The molecule has 0 bridgehead atoms. The first-order chi connectivity index (χ1) is 8.83. The fraction of sp³-hybridized carbons (Fsp3) is 0.571. The number of halogens is 1. The first-order valence-electron chi connectivity index (χ1n) is 6.55. The van der Waals surface area contributed by atoms with Crippen LogP contribution in [0.15, 0.2) is 12.1 Å². The average molecular weight is 284 g/mol. The summed E-state index contributed by atoms with van der Waals surface area (Å²) in [5.74, 6) is 4.52. The van der Waals surface area contributed by atoms with E-state index in [1.54, 1.807) is 0 Å². The van der Waals surface area contributed by atoms with Gasteiger partial charge in [-0.2, -0.15) is 11.8 Å². The summed E-state index contributed by atoms with van der Waals surface area (Å²) in [6.07, 6.45) is 2.34. The van der Waals surface area contributed by atoms with E-state index in [0.29, 0.717) is 0 Å². The second kappa shape index (κ2) is 5.72. The molecule has 1 aromatic rings. The third kappa shape index (κ3) is 2.79. The zero-order valence-corrected chi connectivity index (χ0v) is 11.9. The number of fused-ring (bicyclic) bond motifs is 1. The summed E-state index contributed by atoms with van der Waals surface area (Å²) in [5, 5.41) is 4.37. The topological polar surface area (TPSA) is 21.3 Å². The Hall–Kier alpha value is -0.380. The van der Waals surface area contributed by atoms with Crippen molar-refractivity contribution in [3.63, 3.8) is 0 Å². The van der Waals surface area contributed by atoms with Crippen LogP contribution >= 0.6 is 23.4 Å². The molecule has 98 valence electrons. The summed E-state index contributed by atoms with van der Waals surface area (Å²) in [6, 6.07) is 4.06. The first-order valence-corrected chi connectivity index (χ1v) is 8.09. The van der Waals surface area contributed by atoms with Crippen LogP contribution < -0.4 is 10.1 Å². The Kier molecular flexibility index (Phi) is 4.02. The van der Waals surface area contributed by atoms with Gasteiger partial charge in [0.15, 0.2) is 0 Å². The predicted octanol–water partition coefficient (Wildman–Crippen LogP) is 3.12. The van der Waals surface area contributed by atoms with E-state index in [1.807, 2.05) is 12.1 Å². The van der Waals surface area contributed by atoms with Gasteiger partial charge in [-0.05, 0) is 48.1 Å². The zero-order chi connectivity index (χ0) is 12.4. The number of thioether (sulfide) groups is 1. The van der Waals surface area contributed by atoms with E-state index in [2.05, 4.69) is 17.1 Å². The van der Waals surface area contributed by atoms with Crippen molar-refractivity contribution in [1.29, 1.82) is 0 Å². The minimum absolute atomic E-state index is 0.794. The molecule has 2 nitrogen and oxygen atoms in total. The van der Waals surface area contributed by atoms with Crippen LogP contribution in [0.25, 0.3) is 0 Å². The molecule has 0 aromatic heterocycles. The van der Waals surface area contributed by atoms with Crippen molar-refractivity contribution < 1.29 is 4.74 Å². The Morgan fingerprint density at radius 3 is 3.22 bits per heavy atom. The van der Waals surface area contributed by atoms with Crippen LogP contribution in [-0.4, -0.2) is 24.7 Å². The lowest BCUT2D eigenvalue weighted by Crippen LogP contribution is -2.22. The van der Waals surface area contributed by atoms with Crippen molar-refractivity contribution in [2.24, 2.45) is 5.92 Å². The maximum atomic E-state index is 6.15. The Labute approximate surface area is 117 Å². The number of ether oxygens (including phenoxy) is 1. The van der Waals surface area contributed by atoms with Crippen molar-refractivity contribution in [3.05, 3.63) is 28.3 Å². The Morgan fingerprint density at radius 1 is 1.44 bits per heavy atom. The Morgan fingerprint density at radius 2 is 2.39 bits per heavy atom. The van der Waals surface area contributed by atoms with Crippen LogP contribution in [0.5, 0.6) is 5.75 Å². The van der Waals surface area contributed by atoms with Crippen LogP contribution in [0, 0.1) is 5.92 Å². The summed E-state index contributed by atoms with van der Waals surface area (Å²) < 4.78 is 5.70. The third-order valence-electron chi connectivity index (χ3n) is 3.60. The van der Waals surface area contributed by atoms with Crippen LogP contribution in [-0.2, 0) is 13.0 Å². The van der Waals surface area contributed by atoms with Crippen LogP contribution in [0.2, 0.25) is 5.02 Å². The van der Waals surface area contributed by atoms with E-state index >= 15 is 0 Å². The van der Waals surface area contributed by atoms with Gasteiger partial charge in [-0.25, -0.2) is 0 Å². The molecule has 1 N–H and O–H groups in total. The second-order valence-electron chi connectivity index (χ2n) is 5.01. The lowest BCUT2D eigenvalue weighted by atomic mass is 10.1. The van der Waals surface area contributed by atoms with E-state index in [0.717, 1.165) is 42.8 Å². The smallest absolute Gasteiger partial charge is 0.127 e. The van der Waals surface area contributed by atoms with Crippen LogP contribution in [0.1, 0.15) is 17.5 Å². The summed E-state index contributed by atoms with van der Waals surface area (Å²) in [4.78, 5) is 0. The van der Waals surface area contributed by atoms with Gasteiger partial charge >= 0.3 is 0 Å². The van der Waals surface area contributed by atoms with Gasteiger partial charge in [-0.15, -0.1) is 0 Å². The molecule has 4 heteroatoms. The molecule has 0 spiro atoms. The van der Waals surface area contributed by atoms with Crippen molar-refractivity contribution >= 4 is 23.4 Å². The van der Waals surface area contributed by atoms with Gasteiger partial charge in [-0.3, -0.25) is 0 Å². The molecule has 2 heterocycles. The van der Waals surface area contributed by atoms with Crippen LogP contribution in [0.4, 0.5) is 0 Å². The quantitative estimate of drug-likeness (QED) is 0.917. The van der Waals surface area contributed by atoms with Gasteiger partial charge in [0.05, 0.1) is 6.61 Å². The molecule has 1 aromatic carbocycles. The summed E-state index contributed by atoms with van der Waals surface area (Å²) in [6.45, 7) is 2.76. The number of rotatable bonds is 4. The molecule has 1 fully saturated rings. The molecular weight excluding hydrogens is 266 g/mol. The van der Waals surface area contributed by atoms with Gasteiger partial charge in [0.1, 0.15) is 5.75 Å². The monoisotopic (exact) mass is 283 g/mol. The van der Waals surface area contributed by atoms with E-state index in [1.165, 1.54) is 29.1 Å². The molecule has 0 amide bonds. The zero-order valence-electron chi connectivity index (χ0n) is 10.4. The lowest BCUT2D eigenvalue weighted by Gasteiger charge is -2.12. The number of hydrogen-bond donors (Lipinski definition) is 1. The van der Waals surface area contributed by atoms with Gasteiger partial charge in [0.25, 0.3) is 0 Å². The van der Waals surface area contributed by atoms with Crippen molar-refractivity contribution in [1.82, 2.24) is 5.32 Å². The highest BCUT2D eigenvalue weighted by atomic mass is 35.5. The maximum Gasteiger partial charge on any atom is 0.127 e. The number of benzene rings is 1. The molecule has 18 heavy (non-hydrogen) atoms. The fourth-order valence-corrected chi connectivity index (χ4v) is 4.18. The number of nitrogens with one attached hydrogen (secondary N) is 1. The molecule has 1 unspecified atom stereocenters. The molecule has 2 aliphatic rings. The molecule has 0 radical (unpaired) electrons. The highest BCUT2D eigenvalue weighted by molar-refractivity contribution is 7.99.